The van der Waals surface area contributed by atoms with Gasteiger partial charge in [-0.2, -0.15) is 0 Å². The summed E-state index contributed by atoms with van der Waals surface area (Å²) >= 11 is 0. The second-order valence-electron chi connectivity index (χ2n) is 4.04. The molecule has 5 heteroatoms. The summed E-state index contributed by atoms with van der Waals surface area (Å²) in [5.41, 5.74) is 0.0405. The van der Waals surface area contributed by atoms with Crippen molar-refractivity contribution < 1.29 is 8.42 Å². The number of hydrogen-bond donors (Lipinski definition) is 1. The Bertz CT molecular complexity index is 277. The quantitative estimate of drug-likeness (QED) is 0.617. The molecule has 2 heterocycles. The molecule has 0 aromatic heterocycles. The molecule has 0 aliphatic carbocycles. The van der Waals surface area contributed by atoms with E-state index in [4.69, 9.17) is 0 Å². The molecule has 1 N–H and O–H groups in total. The minimum atomic E-state index is -2.70. The van der Waals surface area contributed by atoms with Gasteiger partial charge in [-0.05, 0) is 17.9 Å². The molecule has 2 fully saturated rings. The summed E-state index contributed by atoms with van der Waals surface area (Å²) in [6.07, 6.45) is 0. The molecule has 2 aliphatic rings. The average molecular weight is 212 g/mol. The van der Waals surface area contributed by atoms with Crippen molar-refractivity contribution in [3.8, 4) is 0 Å². The first-order valence-corrected chi connectivity index (χ1v) is 5.75. The van der Waals surface area contributed by atoms with Gasteiger partial charge in [-0.15, -0.1) is 12.4 Å². The summed E-state index contributed by atoms with van der Waals surface area (Å²) in [5, 5.41) is 3.24. The highest BCUT2D eigenvalue weighted by Gasteiger charge is 2.49. The highest BCUT2D eigenvalue weighted by atomic mass is 35.5. The van der Waals surface area contributed by atoms with E-state index >= 15 is 0 Å². The SMILES string of the molecule is CC12CNCC1CS(=O)(=O)C2.Cl. The molecule has 12 heavy (non-hydrogen) atoms. The zero-order chi connectivity index (χ0) is 8.11. The lowest BCUT2D eigenvalue weighted by molar-refractivity contribution is 0.341. The summed E-state index contributed by atoms with van der Waals surface area (Å²) in [5.74, 6) is 1.15. The van der Waals surface area contributed by atoms with Crippen LogP contribution in [-0.2, 0) is 9.84 Å². The fraction of sp³-hybridized carbons (Fsp3) is 1.00. The van der Waals surface area contributed by atoms with Gasteiger partial charge in [0.1, 0.15) is 0 Å². The molecule has 0 saturated carbocycles. The first-order chi connectivity index (χ1) is 5.02. The van der Waals surface area contributed by atoms with Crippen LogP contribution in [0.25, 0.3) is 0 Å². The van der Waals surface area contributed by atoms with Gasteiger partial charge < -0.3 is 5.32 Å². The molecule has 0 spiro atoms. The van der Waals surface area contributed by atoms with Gasteiger partial charge >= 0.3 is 0 Å². The Morgan fingerprint density at radius 1 is 1.50 bits per heavy atom. The summed E-state index contributed by atoms with van der Waals surface area (Å²) in [7, 11) is -2.70. The maximum absolute atomic E-state index is 11.2. The predicted octanol–water partition coefficient (Wildman–Crippen LogP) is 0.0623. The molecule has 0 aromatic rings. The van der Waals surface area contributed by atoms with Crippen molar-refractivity contribution >= 4 is 22.2 Å². The second-order valence-corrected chi connectivity index (χ2v) is 6.15. The molecule has 2 saturated heterocycles. The molecule has 2 unspecified atom stereocenters. The third-order valence-corrected chi connectivity index (χ3v) is 4.92. The Hall–Kier alpha value is 0.200. The third kappa shape index (κ3) is 1.47. The standard InChI is InChI=1S/C7H13NO2S.ClH/c1-7-4-8-2-6(7)3-11(9,10)5-7;/h6,8H,2-5H2,1H3;1H. The van der Waals surface area contributed by atoms with Crippen LogP contribution in [0.1, 0.15) is 6.92 Å². The van der Waals surface area contributed by atoms with Crippen LogP contribution in [0, 0.1) is 11.3 Å². The highest BCUT2D eigenvalue weighted by molar-refractivity contribution is 7.91. The fourth-order valence-corrected chi connectivity index (χ4v) is 4.81. The van der Waals surface area contributed by atoms with Gasteiger partial charge in [0.25, 0.3) is 0 Å². The van der Waals surface area contributed by atoms with Crippen LogP contribution >= 0.6 is 12.4 Å². The van der Waals surface area contributed by atoms with E-state index < -0.39 is 9.84 Å². The van der Waals surface area contributed by atoms with Crippen molar-refractivity contribution in [3.05, 3.63) is 0 Å². The smallest absolute Gasteiger partial charge is 0.151 e. The number of sulfone groups is 1. The number of hydrogen-bond acceptors (Lipinski definition) is 3. The largest absolute Gasteiger partial charge is 0.316 e. The first kappa shape index (κ1) is 10.3. The van der Waals surface area contributed by atoms with E-state index in [-0.39, 0.29) is 17.8 Å². The van der Waals surface area contributed by atoms with Crippen LogP contribution < -0.4 is 5.32 Å². The van der Waals surface area contributed by atoms with Crippen LogP contribution in [0.4, 0.5) is 0 Å². The van der Waals surface area contributed by atoms with Crippen molar-refractivity contribution in [2.45, 2.75) is 6.92 Å². The molecule has 0 amide bonds. The molecule has 2 atom stereocenters. The summed E-state index contributed by atoms with van der Waals surface area (Å²) in [6, 6.07) is 0. The number of nitrogens with one attached hydrogen (secondary N) is 1. The zero-order valence-electron chi connectivity index (χ0n) is 7.04. The van der Waals surface area contributed by atoms with E-state index in [1.54, 1.807) is 0 Å². The number of rotatable bonds is 0. The van der Waals surface area contributed by atoms with Gasteiger partial charge in [0.05, 0.1) is 11.5 Å². The van der Waals surface area contributed by atoms with E-state index in [2.05, 4.69) is 12.2 Å². The fourth-order valence-electron chi connectivity index (χ4n) is 2.22. The lowest BCUT2D eigenvalue weighted by atomic mass is 9.84. The predicted molar refractivity (Wildman–Crippen MR) is 50.4 cm³/mol. The van der Waals surface area contributed by atoms with Crippen molar-refractivity contribution in [3.63, 3.8) is 0 Å². The Labute approximate surface area is 79.2 Å². The zero-order valence-corrected chi connectivity index (χ0v) is 8.67. The molecular weight excluding hydrogens is 198 g/mol. The van der Waals surface area contributed by atoms with Gasteiger partial charge in [-0.25, -0.2) is 8.42 Å². The van der Waals surface area contributed by atoms with Gasteiger partial charge in [-0.3, -0.25) is 0 Å². The van der Waals surface area contributed by atoms with Crippen LogP contribution in [0.5, 0.6) is 0 Å². The molecule has 72 valence electrons. The second kappa shape index (κ2) is 2.86. The minimum Gasteiger partial charge on any atom is -0.316 e. The molecule has 0 aromatic carbocycles. The Kier molecular flexibility index (Phi) is 2.45. The van der Waals surface area contributed by atoms with E-state index in [0.29, 0.717) is 17.4 Å². The van der Waals surface area contributed by atoms with Crippen LogP contribution in [-0.4, -0.2) is 33.0 Å². The van der Waals surface area contributed by atoms with E-state index in [1.165, 1.54) is 0 Å². The summed E-state index contributed by atoms with van der Waals surface area (Å²) in [4.78, 5) is 0. The van der Waals surface area contributed by atoms with Crippen LogP contribution in [0.3, 0.4) is 0 Å². The Morgan fingerprint density at radius 2 is 2.17 bits per heavy atom. The van der Waals surface area contributed by atoms with Gasteiger partial charge in [0, 0.05) is 6.54 Å². The average Bonchev–Trinajstić information content (AvgIpc) is 2.16. The van der Waals surface area contributed by atoms with Crippen molar-refractivity contribution in [1.82, 2.24) is 5.32 Å². The molecule has 3 nitrogen and oxygen atoms in total. The van der Waals surface area contributed by atoms with Gasteiger partial charge in [0.15, 0.2) is 9.84 Å². The summed E-state index contributed by atoms with van der Waals surface area (Å²) in [6.45, 7) is 3.83. The monoisotopic (exact) mass is 211 g/mol. The van der Waals surface area contributed by atoms with Crippen LogP contribution in [0.2, 0.25) is 0 Å². The van der Waals surface area contributed by atoms with E-state index in [9.17, 15) is 8.42 Å². The van der Waals surface area contributed by atoms with Crippen molar-refractivity contribution in [1.29, 1.82) is 0 Å². The molecule has 0 bridgehead atoms. The lowest BCUT2D eigenvalue weighted by Crippen LogP contribution is -2.25. The lowest BCUT2D eigenvalue weighted by Gasteiger charge is -2.19. The van der Waals surface area contributed by atoms with Gasteiger partial charge in [0.2, 0.25) is 0 Å². The molecule has 2 aliphatic heterocycles. The molecule has 0 radical (unpaired) electrons. The number of halogens is 1. The molecular formula is C7H14ClNO2S. The van der Waals surface area contributed by atoms with Crippen molar-refractivity contribution in [2.24, 2.45) is 11.3 Å². The number of fused-ring (bicyclic) bond motifs is 1. The van der Waals surface area contributed by atoms with E-state index in [0.717, 1.165) is 13.1 Å². The Morgan fingerprint density at radius 3 is 2.75 bits per heavy atom. The third-order valence-electron chi connectivity index (χ3n) is 2.91. The Balaban J connectivity index is 0.000000720. The minimum absolute atomic E-state index is 0. The maximum Gasteiger partial charge on any atom is 0.151 e. The topological polar surface area (TPSA) is 46.2 Å². The van der Waals surface area contributed by atoms with E-state index in [1.807, 2.05) is 0 Å². The van der Waals surface area contributed by atoms with Crippen LogP contribution in [0.15, 0.2) is 0 Å². The first-order valence-electron chi connectivity index (χ1n) is 3.93. The molecule has 2 rings (SSSR count). The normalized spacial score (nSPS) is 43.6. The summed E-state index contributed by atoms with van der Waals surface area (Å²) < 4.78 is 22.4. The maximum atomic E-state index is 11.2. The highest BCUT2D eigenvalue weighted by Crippen LogP contribution is 2.39. The van der Waals surface area contributed by atoms with Crippen molar-refractivity contribution in [2.75, 3.05) is 24.6 Å². The van der Waals surface area contributed by atoms with Gasteiger partial charge in [-0.1, -0.05) is 6.92 Å².